The maximum atomic E-state index is 11.1. The van der Waals surface area contributed by atoms with E-state index in [1.807, 2.05) is 0 Å². The first kappa shape index (κ1) is 8.96. The molecule has 72 valence electrons. The molecule has 2 heterocycles. The molecule has 0 saturated carbocycles. The summed E-state index contributed by atoms with van der Waals surface area (Å²) in [6.45, 7) is 0. The summed E-state index contributed by atoms with van der Waals surface area (Å²) in [6, 6.07) is 3.40. The molecule has 2 aromatic rings. The summed E-state index contributed by atoms with van der Waals surface area (Å²) in [5, 5.41) is 0.859. The predicted molar refractivity (Wildman–Crippen MR) is 52.9 cm³/mol. The SMILES string of the molecule is COC(=O)c1cc2cc(C=O)sc2[nH]1. The summed E-state index contributed by atoms with van der Waals surface area (Å²) >= 11 is 1.31. The van der Waals surface area contributed by atoms with Crippen molar-refractivity contribution >= 4 is 33.8 Å². The van der Waals surface area contributed by atoms with Crippen LogP contribution in [0.4, 0.5) is 0 Å². The fourth-order valence-electron chi connectivity index (χ4n) is 1.22. The number of carbonyl (C=O) groups excluding carboxylic acids is 2. The van der Waals surface area contributed by atoms with Gasteiger partial charge in [-0.25, -0.2) is 4.79 Å². The van der Waals surface area contributed by atoms with Gasteiger partial charge in [-0.15, -0.1) is 11.3 Å². The van der Waals surface area contributed by atoms with E-state index in [4.69, 9.17) is 0 Å². The molecule has 0 aliphatic heterocycles. The van der Waals surface area contributed by atoms with Crippen LogP contribution in [0, 0.1) is 0 Å². The Labute approximate surface area is 83.5 Å². The fraction of sp³-hybridized carbons (Fsp3) is 0.111. The molecule has 2 aromatic heterocycles. The van der Waals surface area contributed by atoms with Gasteiger partial charge in [-0.3, -0.25) is 4.79 Å². The van der Waals surface area contributed by atoms with Gasteiger partial charge in [0.1, 0.15) is 10.5 Å². The van der Waals surface area contributed by atoms with Gasteiger partial charge >= 0.3 is 5.97 Å². The van der Waals surface area contributed by atoms with Crippen molar-refractivity contribution in [1.82, 2.24) is 4.98 Å². The van der Waals surface area contributed by atoms with Crippen molar-refractivity contribution < 1.29 is 14.3 Å². The number of methoxy groups -OCH3 is 1. The monoisotopic (exact) mass is 209 g/mol. The van der Waals surface area contributed by atoms with Crippen molar-refractivity contribution in [3.63, 3.8) is 0 Å². The summed E-state index contributed by atoms with van der Waals surface area (Å²) in [7, 11) is 1.33. The fourth-order valence-corrected chi connectivity index (χ4v) is 2.09. The first-order valence-electron chi connectivity index (χ1n) is 3.90. The quantitative estimate of drug-likeness (QED) is 0.606. The Hall–Kier alpha value is -1.62. The minimum Gasteiger partial charge on any atom is -0.464 e. The zero-order chi connectivity index (χ0) is 10.1. The molecule has 14 heavy (non-hydrogen) atoms. The first-order valence-corrected chi connectivity index (χ1v) is 4.72. The van der Waals surface area contributed by atoms with E-state index in [2.05, 4.69) is 9.72 Å². The van der Waals surface area contributed by atoms with Crippen LogP contribution in [0.2, 0.25) is 0 Å². The lowest BCUT2D eigenvalue weighted by Gasteiger charge is -1.92. The smallest absolute Gasteiger partial charge is 0.354 e. The number of nitrogens with one attached hydrogen (secondary N) is 1. The number of rotatable bonds is 2. The normalized spacial score (nSPS) is 10.4. The first-order chi connectivity index (χ1) is 6.74. The molecule has 0 bridgehead atoms. The Balaban J connectivity index is 2.49. The highest BCUT2D eigenvalue weighted by molar-refractivity contribution is 7.20. The lowest BCUT2D eigenvalue weighted by Crippen LogP contribution is -2.00. The van der Waals surface area contributed by atoms with Crippen LogP contribution in [-0.4, -0.2) is 24.3 Å². The number of ether oxygens (including phenoxy) is 1. The Morgan fingerprint density at radius 2 is 2.36 bits per heavy atom. The van der Waals surface area contributed by atoms with E-state index in [-0.39, 0.29) is 0 Å². The maximum absolute atomic E-state index is 11.1. The van der Waals surface area contributed by atoms with E-state index < -0.39 is 5.97 Å². The molecule has 0 spiro atoms. The number of esters is 1. The average Bonchev–Trinajstić information content (AvgIpc) is 2.72. The number of H-pyrrole nitrogens is 1. The van der Waals surface area contributed by atoms with Gasteiger partial charge in [-0.1, -0.05) is 0 Å². The Bertz CT molecular complexity index is 466. The molecule has 0 aliphatic rings. The Morgan fingerprint density at radius 3 is 2.93 bits per heavy atom. The minimum atomic E-state index is -0.402. The van der Waals surface area contributed by atoms with Crippen LogP contribution >= 0.6 is 11.3 Å². The second-order valence-corrected chi connectivity index (χ2v) is 3.81. The number of thiophene rings is 1. The zero-order valence-corrected chi connectivity index (χ0v) is 8.18. The van der Waals surface area contributed by atoms with Crippen molar-refractivity contribution in [3.8, 4) is 0 Å². The van der Waals surface area contributed by atoms with E-state index in [1.54, 1.807) is 12.1 Å². The molecule has 2 rings (SSSR count). The summed E-state index contributed by atoms with van der Waals surface area (Å²) < 4.78 is 4.56. The molecule has 0 saturated heterocycles. The summed E-state index contributed by atoms with van der Waals surface area (Å²) in [4.78, 5) is 25.9. The van der Waals surface area contributed by atoms with Crippen molar-refractivity contribution in [1.29, 1.82) is 0 Å². The van der Waals surface area contributed by atoms with Crippen LogP contribution in [0.5, 0.6) is 0 Å². The molecular weight excluding hydrogens is 202 g/mol. The molecule has 1 N–H and O–H groups in total. The lowest BCUT2D eigenvalue weighted by molar-refractivity contribution is 0.0595. The highest BCUT2D eigenvalue weighted by atomic mass is 32.1. The van der Waals surface area contributed by atoms with Crippen LogP contribution in [0.25, 0.3) is 10.2 Å². The van der Waals surface area contributed by atoms with Gasteiger partial charge in [0.2, 0.25) is 0 Å². The molecular formula is C9H7NO3S. The largest absolute Gasteiger partial charge is 0.464 e. The predicted octanol–water partition coefficient (Wildman–Crippen LogP) is 1.83. The van der Waals surface area contributed by atoms with Crippen LogP contribution in [-0.2, 0) is 4.74 Å². The van der Waals surface area contributed by atoms with Gasteiger partial charge < -0.3 is 9.72 Å². The summed E-state index contributed by atoms with van der Waals surface area (Å²) in [5.74, 6) is -0.402. The number of aromatic nitrogens is 1. The van der Waals surface area contributed by atoms with Crippen molar-refractivity contribution in [2.24, 2.45) is 0 Å². The van der Waals surface area contributed by atoms with Crippen molar-refractivity contribution in [2.75, 3.05) is 7.11 Å². The molecule has 5 heteroatoms. The molecule has 0 atom stereocenters. The van der Waals surface area contributed by atoms with Crippen LogP contribution in [0.1, 0.15) is 20.2 Å². The van der Waals surface area contributed by atoms with Gasteiger partial charge in [-0.2, -0.15) is 0 Å². The molecule has 0 fully saturated rings. The van der Waals surface area contributed by atoms with E-state index in [1.165, 1.54) is 18.4 Å². The van der Waals surface area contributed by atoms with Gasteiger partial charge in [0.25, 0.3) is 0 Å². The number of aromatic amines is 1. The average molecular weight is 209 g/mol. The van der Waals surface area contributed by atoms with Crippen LogP contribution in [0.3, 0.4) is 0 Å². The molecule has 0 aromatic carbocycles. The van der Waals surface area contributed by atoms with E-state index in [9.17, 15) is 9.59 Å². The molecule has 4 nitrogen and oxygen atoms in total. The minimum absolute atomic E-state index is 0.402. The number of hydrogen-bond donors (Lipinski definition) is 1. The van der Waals surface area contributed by atoms with Gasteiger partial charge in [0.15, 0.2) is 6.29 Å². The maximum Gasteiger partial charge on any atom is 0.354 e. The number of aldehydes is 1. The lowest BCUT2D eigenvalue weighted by atomic mass is 10.3. The standard InChI is InChI=1S/C9H7NO3S/c1-13-9(12)7-3-5-2-6(4-11)14-8(5)10-7/h2-4,10H,1H3. The Morgan fingerprint density at radius 1 is 1.57 bits per heavy atom. The van der Waals surface area contributed by atoms with E-state index >= 15 is 0 Å². The van der Waals surface area contributed by atoms with Gasteiger partial charge in [-0.05, 0) is 12.1 Å². The second kappa shape index (κ2) is 3.26. The second-order valence-electron chi connectivity index (χ2n) is 2.73. The van der Waals surface area contributed by atoms with Gasteiger partial charge in [0, 0.05) is 5.39 Å². The van der Waals surface area contributed by atoms with E-state index in [0.717, 1.165) is 16.5 Å². The van der Waals surface area contributed by atoms with Crippen molar-refractivity contribution in [2.45, 2.75) is 0 Å². The highest BCUT2D eigenvalue weighted by Crippen LogP contribution is 2.24. The van der Waals surface area contributed by atoms with Gasteiger partial charge in [0.05, 0.1) is 12.0 Å². The number of carbonyl (C=O) groups is 2. The van der Waals surface area contributed by atoms with Crippen LogP contribution < -0.4 is 0 Å². The summed E-state index contributed by atoms with van der Waals surface area (Å²) in [6.07, 6.45) is 0.788. The third kappa shape index (κ3) is 1.31. The molecule has 0 aliphatic carbocycles. The van der Waals surface area contributed by atoms with Crippen LogP contribution in [0.15, 0.2) is 12.1 Å². The summed E-state index contributed by atoms with van der Waals surface area (Å²) in [5.41, 5.74) is 0.409. The Kier molecular flexibility index (Phi) is 2.09. The zero-order valence-electron chi connectivity index (χ0n) is 7.37. The number of fused-ring (bicyclic) bond motifs is 1. The molecule has 0 unspecified atom stereocenters. The molecule has 0 amide bonds. The van der Waals surface area contributed by atoms with Crippen molar-refractivity contribution in [3.05, 3.63) is 22.7 Å². The highest BCUT2D eigenvalue weighted by Gasteiger charge is 2.11. The third-order valence-electron chi connectivity index (χ3n) is 1.85. The third-order valence-corrected chi connectivity index (χ3v) is 2.84. The topological polar surface area (TPSA) is 59.2 Å². The molecule has 0 radical (unpaired) electrons. The number of hydrogen-bond acceptors (Lipinski definition) is 4. The van der Waals surface area contributed by atoms with E-state index in [0.29, 0.717) is 10.6 Å².